The van der Waals surface area contributed by atoms with E-state index in [1.807, 2.05) is 49.6 Å². The van der Waals surface area contributed by atoms with Crippen molar-refractivity contribution in [3.8, 4) is 11.1 Å². The van der Waals surface area contributed by atoms with Crippen LogP contribution in [-0.2, 0) is 4.79 Å². The molecule has 0 aliphatic rings. The Hall–Kier alpha value is -2.47. The van der Waals surface area contributed by atoms with Crippen molar-refractivity contribution in [2.24, 2.45) is 0 Å². The molecule has 0 aliphatic carbocycles. The topological polar surface area (TPSA) is 75.1 Å². The summed E-state index contributed by atoms with van der Waals surface area (Å²) in [6.07, 6.45) is 0.477. The predicted octanol–water partition coefficient (Wildman–Crippen LogP) is 3.94. The Kier molecular flexibility index (Phi) is 4.25. The summed E-state index contributed by atoms with van der Waals surface area (Å²) in [4.78, 5) is 21.1. The first-order chi connectivity index (χ1) is 11.1. The molecule has 2 N–H and O–H groups in total. The third-order valence-corrected chi connectivity index (χ3v) is 4.52. The van der Waals surface area contributed by atoms with Crippen LogP contribution in [-0.4, -0.2) is 27.1 Å². The molecule has 6 heteroatoms. The second-order valence-electron chi connectivity index (χ2n) is 5.26. The Bertz CT molecular complexity index is 846. The Balaban J connectivity index is 2.16. The summed E-state index contributed by atoms with van der Waals surface area (Å²) >= 11 is 1.54. The standard InChI is InChI=1S/C17H17N3O2S/c1-3-13(17(21)22)20-15-14-12(11-7-5-4-6-8-11)9-23-16(14)19-10(2)18-15/h4-9,13H,3H2,1-2H3,(H,21,22)(H,18,19,20). The maximum atomic E-state index is 11.3. The molecule has 118 valence electrons. The maximum absolute atomic E-state index is 11.3. The number of aliphatic carboxylic acids is 1. The van der Waals surface area contributed by atoms with E-state index in [1.54, 1.807) is 11.3 Å². The highest BCUT2D eigenvalue weighted by atomic mass is 32.1. The lowest BCUT2D eigenvalue weighted by Gasteiger charge is -2.15. The number of nitrogens with zero attached hydrogens (tertiary/aromatic N) is 2. The van der Waals surface area contributed by atoms with Gasteiger partial charge in [0.1, 0.15) is 22.5 Å². The normalized spacial score (nSPS) is 12.3. The van der Waals surface area contributed by atoms with Gasteiger partial charge in [-0.2, -0.15) is 0 Å². The number of thiophene rings is 1. The zero-order valence-corrected chi connectivity index (χ0v) is 13.7. The van der Waals surface area contributed by atoms with E-state index >= 15 is 0 Å². The van der Waals surface area contributed by atoms with Gasteiger partial charge in [-0.3, -0.25) is 0 Å². The largest absolute Gasteiger partial charge is 0.480 e. The van der Waals surface area contributed by atoms with Crippen LogP contribution in [0.15, 0.2) is 35.7 Å². The van der Waals surface area contributed by atoms with Gasteiger partial charge < -0.3 is 10.4 Å². The molecule has 3 aromatic rings. The molecule has 3 rings (SSSR count). The lowest BCUT2D eigenvalue weighted by Crippen LogP contribution is -2.29. The van der Waals surface area contributed by atoms with Gasteiger partial charge in [-0.1, -0.05) is 37.3 Å². The van der Waals surface area contributed by atoms with E-state index in [1.165, 1.54) is 0 Å². The molecule has 0 saturated carbocycles. The molecule has 0 aliphatic heterocycles. The highest BCUT2D eigenvalue weighted by molar-refractivity contribution is 7.17. The molecule has 0 bridgehead atoms. The van der Waals surface area contributed by atoms with E-state index in [9.17, 15) is 9.90 Å². The molecular weight excluding hydrogens is 310 g/mol. The fourth-order valence-corrected chi connectivity index (χ4v) is 3.48. The van der Waals surface area contributed by atoms with Crippen molar-refractivity contribution in [1.29, 1.82) is 0 Å². The summed E-state index contributed by atoms with van der Waals surface area (Å²) in [7, 11) is 0. The first-order valence-electron chi connectivity index (χ1n) is 7.40. The van der Waals surface area contributed by atoms with Crippen LogP contribution in [0.5, 0.6) is 0 Å². The molecule has 5 nitrogen and oxygen atoms in total. The molecule has 0 fully saturated rings. The van der Waals surface area contributed by atoms with E-state index in [0.29, 0.717) is 18.1 Å². The second-order valence-corrected chi connectivity index (χ2v) is 6.12. The number of hydrogen-bond acceptors (Lipinski definition) is 5. The summed E-state index contributed by atoms with van der Waals surface area (Å²) in [6.45, 7) is 3.65. The number of hydrogen-bond donors (Lipinski definition) is 2. The number of aryl methyl sites for hydroxylation is 1. The summed E-state index contributed by atoms with van der Waals surface area (Å²) in [5, 5.41) is 15.3. The van der Waals surface area contributed by atoms with Crippen LogP contribution in [0, 0.1) is 6.92 Å². The van der Waals surface area contributed by atoms with Gasteiger partial charge in [0.2, 0.25) is 0 Å². The highest BCUT2D eigenvalue weighted by Crippen LogP contribution is 2.37. The third-order valence-electron chi connectivity index (χ3n) is 3.65. The molecule has 0 saturated heterocycles. The van der Waals surface area contributed by atoms with Crippen molar-refractivity contribution in [2.45, 2.75) is 26.3 Å². The molecular formula is C17H17N3O2S. The van der Waals surface area contributed by atoms with Gasteiger partial charge in [0, 0.05) is 10.9 Å². The summed E-state index contributed by atoms with van der Waals surface area (Å²) in [5.41, 5.74) is 2.09. The fraction of sp³-hybridized carbons (Fsp3) is 0.235. The Morgan fingerprint density at radius 2 is 2.04 bits per heavy atom. The molecule has 2 aromatic heterocycles. The van der Waals surface area contributed by atoms with Crippen molar-refractivity contribution in [3.63, 3.8) is 0 Å². The van der Waals surface area contributed by atoms with Crippen LogP contribution in [0.2, 0.25) is 0 Å². The fourth-order valence-electron chi connectivity index (χ4n) is 2.49. The number of anilines is 1. The number of fused-ring (bicyclic) bond motifs is 1. The zero-order valence-electron chi connectivity index (χ0n) is 12.9. The van der Waals surface area contributed by atoms with Gasteiger partial charge in [0.15, 0.2) is 0 Å². The molecule has 0 spiro atoms. The van der Waals surface area contributed by atoms with E-state index < -0.39 is 12.0 Å². The number of aromatic nitrogens is 2. The lowest BCUT2D eigenvalue weighted by molar-refractivity contribution is -0.137. The average molecular weight is 327 g/mol. The minimum absolute atomic E-state index is 0.477. The summed E-state index contributed by atoms with van der Waals surface area (Å²) in [6, 6.07) is 9.31. The minimum Gasteiger partial charge on any atom is -0.480 e. The second kappa shape index (κ2) is 6.34. The van der Waals surface area contributed by atoms with Gasteiger partial charge in [0.05, 0.1) is 5.39 Å². The van der Waals surface area contributed by atoms with Crippen molar-refractivity contribution in [1.82, 2.24) is 9.97 Å². The third kappa shape index (κ3) is 3.03. The van der Waals surface area contributed by atoms with Crippen molar-refractivity contribution in [3.05, 3.63) is 41.5 Å². The van der Waals surface area contributed by atoms with Gasteiger partial charge in [-0.05, 0) is 18.9 Å². The van der Waals surface area contributed by atoms with Crippen molar-refractivity contribution in [2.75, 3.05) is 5.32 Å². The number of benzene rings is 1. The average Bonchev–Trinajstić information content (AvgIpc) is 2.96. The van der Waals surface area contributed by atoms with E-state index in [2.05, 4.69) is 15.3 Å². The lowest BCUT2D eigenvalue weighted by atomic mass is 10.1. The van der Waals surface area contributed by atoms with Crippen molar-refractivity contribution < 1.29 is 9.90 Å². The molecule has 1 unspecified atom stereocenters. The smallest absolute Gasteiger partial charge is 0.326 e. The SMILES string of the molecule is CCC(Nc1nc(C)nc2scc(-c3ccccc3)c12)C(=O)O. The number of carbonyl (C=O) groups is 1. The monoisotopic (exact) mass is 327 g/mol. The van der Waals surface area contributed by atoms with Crippen LogP contribution >= 0.6 is 11.3 Å². The molecule has 1 atom stereocenters. The van der Waals surface area contributed by atoms with E-state index in [-0.39, 0.29) is 0 Å². The maximum Gasteiger partial charge on any atom is 0.326 e. The first-order valence-corrected chi connectivity index (χ1v) is 8.28. The highest BCUT2D eigenvalue weighted by Gasteiger charge is 2.20. The Labute approximate surface area is 138 Å². The van der Waals surface area contributed by atoms with Gasteiger partial charge in [-0.15, -0.1) is 11.3 Å². The van der Waals surface area contributed by atoms with Crippen molar-refractivity contribution >= 4 is 33.3 Å². The predicted molar refractivity (Wildman–Crippen MR) is 92.9 cm³/mol. The summed E-state index contributed by atoms with van der Waals surface area (Å²) < 4.78 is 0. The zero-order chi connectivity index (χ0) is 16.4. The quantitative estimate of drug-likeness (QED) is 0.742. The first kappa shape index (κ1) is 15.4. The molecule has 23 heavy (non-hydrogen) atoms. The molecule has 1 aromatic carbocycles. The summed E-state index contributed by atoms with van der Waals surface area (Å²) in [5.74, 6) is 0.331. The van der Waals surface area contributed by atoms with Crippen LogP contribution in [0.4, 0.5) is 5.82 Å². The van der Waals surface area contributed by atoms with Crippen LogP contribution < -0.4 is 5.32 Å². The van der Waals surface area contributed by atoms with Crippen LogP contribution in [0.25, 0.3) is 21.3 Å². The molecule has 0 amide bonds. The number of nitrogens with one attached hydrogen (secondary N) is 1. The van der Waals surface area contributed by atoms with Crippen LogP contribution in [0.1, 0.15) is 19.2 Å². The number of rotatable bonds is 5. The Morgan fingerprint density at radius 3 is 2.70 bits per heavy atom. The van der Waals surface area contributed by atoms with Gasteiger partial charge in [0.25, 0.3) is 0 Å². The van der Waals surface area contributed by atoms with Gasteiger partial charge >= 0.3 is 5.97 Å². The molecule has 0 radical (unpaired) electrons. The van der Waals surface area contributed by atoms with E-state index in [4.69, 9.17) is 0 Å². The molecule has 2 heterocycles. The number of carboxylic acid groups (broad SMARTS) is 1. The minimum atomic E-state index is -0.881. The van der Waals surface area contributed by atoms with Crippen LogP contribution in [0.3, 0.4) is 0 Å². The van der Waals surface area contributed by atoms with E-state index in [0.717, 1.165) is 21.3 Å². The van der Waals surface area contributed by atoms with Gasteiger partial charge in [-0.25, -0.2) is 14.8 Å². The number of carboxylic acids is 1. The Morgan fingerprint density at radius 1 is 1.30 bits per heavy atom.